The van der Waals surface area contributed by atoms with Gasteiger partial charge in [-0.2, -0.15) is 0 Å². The first-order chi connectivity index (χ1) is 10.6. The van der Waals surface area contributed by atoms with Crippen LogP contribution in [0.4, 0.5) is 0 Å². The van der Waals surface area contributed by atoms with Crippen molar-refractivity contribution < 1.29 is 9.53 Å². The van der Waals surface area contributed by atoms with Gasteiger partial charge in [0.25, 0.3) is 0 Å². The maximum atomic E-state index is 12.0. The third-order valence-corrected chi connectivity index (χ3v) is 5.40. The van der Waals surface area contributed by atoms with E-state index < -0.39 is 0 Å². The fraction of sp³-hybridized carbons (Fsp3) is 0.588. The SMILES string of the molecule is C[C@@H]1CCCC[C@H]1NC(=O)CSCCOc1cccc(Br)c1. The Balaban J connectivity index is 1.57. The highest BCUT2D eigenvalue weighted by atomic mass is 79.9. The van der Waals surface area contributed by atoms with Crippen LogP contribution in [0.1, 0.15) is 32.6 Å². The molecule has 0 heterocycles. The number of hydrogen-bond acceptors (Lipinski definition) is 3. The smallest absolute Gasteiger partial charge is 0.230 e. The van der Waals surface area contributed by atoms with E-state index in [0.29, 0.717) is 24.3 Å². The summed E-state index contributed by atoms with van der Waals surface area (Å²) in [5.41, 5.74) is 0. The maximum absolute atomic E-state index is 12.0. The summed E-state index contributed by atoms with van der Waals surface area (Å²) in [6, 6.07) is 8.18. The zero-order valence-corrected chi connectivity index (χ0v) is 15.4. The van der Waals surface area contributed by atoms with Crippen molar-refractivity contribution in [3.8, 4) is 5.75 Å². The standard InChI is InChI=1S/C17H24BrNO2S/c1-13-5-2-3-8-16(13)19-17(20)12-22-10-9-21-15-7-4-6-14(18)11-15/h4,6-7,11,13,16H,2-3,5,8-10,12H2,1H3,(H,19,20)/t13-,16-/m1/s1. The molecule has 1 N–H and O–H groups in total. The number of hydrogen-bond donors (Lipinski definition) is 1. The molecule has 1 aromatic carbocycles. The Morgan fingerprint density at radius 1 is 1.41 bits per heavy atom. The van der Waals surface area contributed by atoms with Crippen molar-refractivity contribution in [2.75, 3.05) is 18.1 Å². The molecule has 0 bridgehead atoms. The van der Waals surface area contributed by atoms with Crippen molar-refractivity contribution in [1.29, 1.82) is 0 Å². The van der Waals surface area contributed by atoms with E-state index in [1.54, 1.807) is 11.8 Å². The van der Waals surface area contributed by atoms with Crippen molar-refractivity contribution in [2.45, 2.75) is 38.6 Å². The molecule has 1 fully saturated rings. The fourth-order valence-electron chi connectivity index (χ4n) is 2.72. The second kappa shape index (κ2) is 9.46. The molecule has 22 heavy (non-hydrogen) atoms. The van der Waals surface area contributed by atoms with Crippen LogP contribution < -0.4 is 10.1 Å². The van der Waals surface area contributed by atoms with Gasteiger partial charge in [-0.15, -0.1) is 11.8 Å². The van der Waals surface area contributed by atoms with Crippen LogP contribution in [0.15, 0.2) is 28.7 Å². The van der Waals surface area contributed by atoms with Gasteiger partial charge in [-0.25, -0.2) is 0 Å². The molecule has 1 saturated carbocycles. The lowest BCUT2D eigenvalue weighted by atomic mass is 9.86. The number of halogens is 1. The molecule has 1 aromatic rings. The second-order valence-electron chi connectivity index (χ2n) is 5.79. The van der Waals surface area contributed by atoms with Crippen LogP contribution in [-0.4, -0.2) is 30.1 Å². The Morgan fingerprint density at radius 3 is 3.00 bits per heavy atom. The summed E-state index contributed by atoms with van der Waals surface area (Å²) in [5.74, 6) is 2.97. The van der Waals surface area contributed by atoms with Crippen molar-refractivity contribution >= 4 is 33.6 Å². The molecular weight excluding hydrogens is 362 g/mol. The van der Waals surface area contributed by atoms with Gasteiger partial charge < -0.3 is 10.1 Å². The van der Waals surface area contributed by atoms with Crippen LogP contribution in [0.2, 0.25) is 0 Å². The maximum Gasteiger partial charge on any atom is 0.230 e. The van der Waals surface area contributed by atoms with Gasteiger partial charge in [-0.1, -0.05) is 41.8 Å². The number of carbonyl (C=O) groups excluding carboxylic acids is 1. The first-order valence-corrected chi connectivity index (χ1v) is 9.85. The number of benzene rings is 1. The van der Waals surface area contributed by atoms with Gasteiger partial charge in [0.1, 0.15) is 5.75 Å². The third-order valence-electron chi connectivity index (χ3n) is 3.98. The second-order valence-corrected chi connectivity index (χ2v) is 7.82. The highest BCUT2D eigenvalue weighted by molar-refractivity contribution is 9.10. The Morgan fingerprint density at radius 2 is 2.23 bits per heavy atom. The van der Waals surface area contributed by atoms with E-state index in [4.69, 9.17) is 4.74 Å². The molecule has 0 aliphatic heterocycles. The van der Waals surface area contributed by atoms with Gasteiger partial charge in [0, 0.05) is 16.3 Å². The molecule has 0 saturated heterocycles. The minimum Gasteiger partial charge on any atom is -0.493 e. The predicted molar refractivity (Wildman–Crippen MR) is 96.5 cm³/mol. The van der Waals surface area contributed by atoms with Gasteiger partial charge in [0.2, 0.25) is 5.91 Å². The summed E-state index contributed by atoms with van der Waals surface area (Å²) in [7, 11) is 0. The number of thioether (sulfide) groups is 1. The monoisotopic (exact) mass is 385 g/mol. The van der Waals surface area contributed by atoms with Crippen molar-refractivity contribution in [3.05, 3.63) is 28.7 Å². The van der Waals surface area contributed by atoms with E-state index in [0.717, 1.165) is 22.4 Å². The zero-order chi connectivity index (χ0) is 15.8. The Hall–Kier alpha value is -0.680. The molecular formula is C17H24BrNO2S. The first kappa shape index (κ1) is 17.7. The lowest BCUT2D eigenvalue weighted by Crippen LogP contribution is -2.41. The molecule has 1 aliphatic carbocycles. The summed E-state index contributed by atoms with van der Waals surface area (Å²) in [4.78, 5) is 12.0. The van der Waals surface area contributed by atoms with Gasteiger partial charge in [-0.05, 0) is 37.0 Å². The number of amides is 1. The van der Waals surface area contributed by atoms with Crippen LogP contribution in [-0.2, 0) is 4.79 Å². The Kier molecular flexibility index (Phi) is 7.60. The Labute approximate surface area is 145 Å². The number of ether oxygens (including phenoxy) is 1. The highest BCUT2D eigenvalue weighted by Crippen LogP contribution is 2.23. The van der Waals surface area contributed by atoms with Crippen molar-refractivity contribution in [1.82, 2.24) is 5.32 Å². The van der Waals surface area contributed by atoms with Crippen molar-refractivity contribution in [2.24, 2.45) is 5.92 Å². The summed E-state index contributed by atoms with van der Waals surface area (Å²) >= 11 is 5.04. The van der Waals surface area contributed by atoms with Gasteiger partial charge in [0.15, 0.2) is 0 Å². The summed E-state index contributed by atoms with van der Waals surface area (Å²) in [6.07, 6.45) is 4.90. The summed E-state index contributed by atoms with van der Waals surface area (Å²) < 4.78 is 6.67. The summed E-state index contributed by atoms with van der Waals surface area (Å²) in [5, 5.41) is 3.18. The molecule has 122 valence electrons. The van der Waals surface area contributed by atoms with Crippen LogP contribution in [0.3, 0.4) is 0 Å². The quantitative estimate of drug-likeness (QED) is 0.712. The van der Waals surface area contributed by atoms with Crippen LogP contribution >= 0.6 is 27.7 Å². The zero-order valence-electron chi connectivity index (χ0n) is 13.0. The van der Waals surface area contributed by atoms with E-state index in [1.807, 2.05) is 24.3 Å². The van der Waals surface area contributed by atoms with Gasteiger partial charge >= 0.3 is 0 Å². The first-order valence-electron chi connectivity index (χ1n) is 7.90. The van der Waals surface area contributed by atoms with E-state index >= 15 is 0 Å². The van der Waals surface area contributed by atoms with E-state index in [9.17, 15) is 4.79 Å². The third kappa shape index (κ3) is 6.21. The molecule has 1 aliphatic rings. The lowest BCUT2D eigenvalue weighted by Gasteiger charge is -2.29. The highest BCUT2D eigenvalue weighted by Gasteiger charge is 2.22. The molecule has 0 aromatic heterocycles. The molecule has 3 nitrogen and oxygen atoms in total. The molecule has 0 radical (unpaired) electrons. The average molecular weight is 386 g/mol. The van der Waals surface area contributed by atoms with Crippen LogP contribution in [0.25, 0.3) is 0 Å². The lowest BCUT2D eigenvalue weighted by molar-refractivity contribution is -0.119. The minimum absolute atomic E-state index is 0.159. The Bertz CT molecular complexity index is 483. The molecule has 0 unspecified atom stereocenters. The molecule has 5 heteroatoms. The normalized spacial score (nSPS) is 21.4. The van der Waals surface area contributed by atoms with E-state index in [-0.39, 0.29) is 5.91 Å². The minimum atomic E-state index is 0.159. The van der Waals surface area contributed by atoms with E-state index in [2.05, 4.69) is 28.2 Å². The molecule has 0 spiro atoms. The van der Waals surface area contributed by atoms with Gasteiger partial charge in [0.05, 0.1) is 12.4 Å². The predicted octanol–water partition coefficient (Wildman–Crippen LogP) is 4.26. The molecule has 2 rings (SSSR count). The number of carbonyl (C=O) groups is 1. The van der Waals surface area contributed by atoms with Crippen molar-refractivity contribution in [3.63, 3.8) is 0 Å². The average Bonchev–Trinajstić information content (AvgIpc) is 2.49. The number of rotatable bonds is 7. The van der Waals surface area contributed by atoms with E-state index in [1.165, 1.54) is 19.3 Å². The number of nitrogens with one attached hydrogen (secondary N) is 1. The fourth-order valence-corrected chi connectivity index (χ4v) is 3.71. The molecule has 1 amide bonds. The van der Waals surface area contributed by atoms with Crippen LogP contribution in [0.5, 0.6) is 5.75 Å². The topological polar surface area (TPSA) is 38.3 Å². The van der Waals surface area contributed by atoms with Crippen LogP contribution in [0, 0.1) is 5.92 Å². The molecule has 2 atom stereocenters. The van der Waals surface area contributed by atoms with Gasteiger partial charge in [-0.3, -0.25) is 4.79 Å². The summed E-state index contributed by atoms with van der Waals surface area (Å²) in [6.45, 7) is 2.86. The largest absolute Gasteiger partial charge is 0.493 e.